The highest BCUT2D eigenvalue weighted by atomic mass is 16.5. The number of benzene rings is 3. The van der Waals surface area contributed by atoms with Gasteiger partial charge in [0, 0.05) is 16.8 Å². The minimum absolute atomic E-state index is 0.0204. The highest BCUT2D eigenvalue weighted by Gasteiger charge is 2.47. The van der Waals surface area contributed by atoms with E-state index >= 15 is 0 Å². The first-order chi connectivity index (χ1) is 19.1. The molecule has 0 aliphatic carbocycles. The van der Waals surface area contributed by atoms with E-state index < -0.39 is 17.7 Å². The van der Waals surface area contributed by atoms with Crippen molar-refractivity contribution in [3.05, 3.63) is 89.0 Å². The minimum atomic E-state index is -0.849. The number of hydrogen-bond donors (Lipinski definition) is 1. The molecule has 1 atom stereocenters. The number of Topliss-reactive ketones (excluding diaryl/α,β-unsaturated/α-hetero) is 1. The molecule has 1 heterocycles. The molecule has 0 radical (unpaired) electrons. The molecule has 3 aromatic carbocycles. The van der Waals surface area contributed by atoms with Crippen LogP contribution >= 0.6 is 0 Å². The number of ketones is 1. The fourth-order valence-corrected chi connectivity index (χ4v) is 4.82. The van der Waals surface area contributed by atoms with Gasteiger partial charge in [-0.15, -0.1) is 0 Å². The summed E-state index contributed by atoms with van der Waals surface area (Å²) >= 11 is 0. The normalized spacial score (nSPS) is 16.8. The molecule has 1 unspecified atom stereocenters. The summed E-state index contributed by atoms with van der Waals surface area (Å²) in [6.45, 7) is 11.2. The third kappa shape index (κ3) is 5.69. The van der Waals surface area contributed by atoms with Crippen LogP contribution in [0.25, 0.3) is 5.76 Å². The van der Waals surface area contributed by atoms with Gasteiger partial charge in [0.05, 0.1) is 31.9 Å². The van der Waals surface area contributed by atoms with Crippen LogP contribution in [0.15, 0.2) is 72.3 Å². The molecule has 3 aromatic rings. The monoisotopic (exact) mass is 543 g/mol. The van der Waals surface area contributed by atoms with Crippen LogP contribution in [0.5, 0.6) is 17.2 Å². The van der Waals surface area contributed by atoms with Crippen LogP contribution in [0, 0.1) is 0 Å². The van der Waals surface area contributed by atoms with Gasteiger partial charge in [-0.1, -0.05) is 39.8 Å². The van der Waals surface area contributed by atoms with E-state index in [1.54, 1.807) is 43.5 Å². The van der Waals surface area contributed by atoms with Crippen molar-refractivity contribution >= 4 is 23.1 Å². The highest BCUT2D eigenvalue weighted by molar-refractivity contribution is 6.51. The minimum Gasteiger partial charge on any atom is -0.507 e. The van der Waals surface area contributed by atoms with Crippen LogP contribution in [0.4, 0.5) is 5.69 Å². The lowest BCUT2D eigenvalue weighted by Gasteiger charge is -2.26. The summed E-state index contributed by atoms with van der Waals surface area (Å²) in [4.78, 5) is 28.5. The zero-order chi connectivity index (χ0) is 29.0. The summed E-state index contributed by atoms with van der Waals surface area (Å²) < 4.78 is 16.8. The molecular weight excluding hydrogens is 506 g/mol. The second kappa shape index (κ2) is 11.9. The molecule has 1 N–H and O–H groups in total. The lowest BCUT2D eigenvalue weighted by molar-refractivity contribution is -0.132. The SMILES string of the molecule is CCCOc1ccc(C2/C(=C(/O)c3ccc(OCC)c(C(C)(C)C)c3)C(=O)C(=O)N2c2ccc(OC)cc2)cc1. The van der Waals surface area contributed by atoms with Crippen molar-refractivity contribution in [1.82, 2.24) is 0 Å². The van der Waals surface area contributed by atoms with E-state index in [0.717, 1.165) is 12.0 Å². The van der Waals surface area contributed by atoms with Gasteiger partial charge in [0.2, 0.25) is 0 Å². The lowest BCUT2D eigenvalue weighted by atomic mass is 9.84. The van der Waals surface area contributed by atoms with Crippen LogP contribution in [0.3, 0.4) is 0 Å². The second-order valence-electron chi connectivity index (χ2n) is 10.7. The van der Waals surface area contributed by atoms with E-state index in [0.29, 0.717) is 47.3 Å². The Bertz CT molecular complexity index is 1400. The number of anilines is 1. The molecule has 40 heavy (non-hydrogen) atoms. The summed E-state index contributed by atoms with van der Waals surface area (Å²) in [7, 11) is 1.56. The third-order valence-electron chi connectivity index (χ3n) is 6.82. The van der Waals surface area contributed by atoms with Crippen molar-refractivity contribution in [2.45, 2.75) is 52.5 Å². The number of carbonyl (C=O) groups is 2. The zero-order valence-corrected chi connectivity index (χ0v) is 24.0. The molecular formula is C33H37NO6. The van der Waals surface area contributed by atoms with Gasteiger partial charge in [-0.25, -0.2) is 0 Å². The Morgan fingerprint density at radius 3 is 2.12 bits per heavy atom. The van der Waals surface area contributed by atoms with Gasteiger partial charge < -0.3 is 19.3 Å². The van der Waals surface area contributed by atoms with Gasteiger partial charge in [-0.3, -0.25) is 14.5 Å². The maximum atomic E-state index is 13.6. The quantitative estimate of drug-likeness (QED) is 0.181. The number of ether oxygens (including phenoxy) is 3. The first kappa shape index (κ1) is 28.7. The topological polar surface area (TPSA) is 85.3 Å². The summed E-state index contributed by atoms with van der Waals surface area (Å²) in [6.07, 6.45) is 0.873. The lowest BCUT2D eigenvalue weighted by Crippen LogP contribution is -2.29. The van der Waals surface area contributed by atoms with E-state index in [9.17, 15) is 14.7 Å². The molecule has 0 saturated carbocycles. The average molecular weight is 544 g/mol. The molecule has 1 saturated heterocycles. The van der Waals surface area contributed by atoms with Gasteiger partial charge in [0.15, 0.2) is 0 Å². The first-order valence-electron chi connectivity index (χ1n) is 13.6. The van der Waals surface area contributed by atoms with Crippen molar-refractivity contribution in [3.63, 3.8) is 0 Å². The Morgan fingerprint density at radius 1 is 0.900 bits per heavy atom. The second-order valence-corrected chi connectivity index (χ2v) is 10.7. The highest BCUT2D eigenvalue weighted by Crippen LogP contribution is 2.43. The Kier molecular flexibility index (Phi) is 8.52. The van der Waals surface area contributed by atoms with Crippen molar-refractivity contribution < 1.29 is 28.9 Å². The molecule has 7 heteroatoms. The smallest absolute Gasteiger partial charge is 0.300 e. The Balaban J connectivity index is 1.89. The van der Waals surface area contributed by atoms with E-state index in [1.165, 1.54) is 4.90 Å². The van der Waals surface area contributed by atoms with Crippen molar-refractivity contribution in [2.24, 2.45) is 0 Å². The molecule has 1 amide bonds. The zero-order valence-electron chi connectivity index (χ0n) is 24.0. The van der Waals surface area contributed by atoms with Gasteiger partial charge >= 0.3 is 0 Å². The van der Waals surface area contributed by atoms with E-state index in [2.05, 4.69) is 20.8 Å². The maximum absolute atomic E-state index is 13.6. The predicted molar refractivity (Wildman–Crippen MR) is 156 cm³/mol. The molecule has 1 aliphatic rings. The molecule has 0 aromatic heterocycles. The number of nitrogens with zero attached hydrogens (tertiary/aromatic N) is 1. The van der Waals surface area contributed by atoms with E-state index in [-0.39, 0.29) is 16.7 Å². The number of rotatable bonds is 9. The van der Waals surface area contributed by atoms with Crippen molar-refractivity contribution in [1.29, 1.82) is 0 Å². The fourth-order valence-electron chi connectivity index (χ4n) is 4.82. The number of methoxy groups -OCH3 is 1. The molecule has 0 bridgehead atoms. The predicted octanol–water partition coefficient (Wildman–Crippen LogP) is 6.81. The molecule has 1 aliphatic heterocycles. The number of hydrogen-bond acceptors (Lipinski definition) is 6. The molecule has 4 rings (SSSR count). The van der Waals surface area contributed by atoms with Crippen molar-refractivity contribution in [3.8, 4) is 17.2 Å². The van der Waals surface area contributed by atoms with Crippen LogP contribution in [0.1, 0.15) is 63.8 Å². The summed E-state index contributed by atoms with van der Waals surface area (Å²) in [5.41, 5.74) is 2.24. The Hall–Kier alpha value is -4.26. The van der Waals surface area contributed by atoms with Gasteiger partial charge in [-0.05, 0) is 78.9 Å². The van der Waals surface area contributed by atoms with Crippen LogP contribution in [-0.4, -0.2) is 37.1 Å². The summed E-state index contributed by atoms with van der Waals surface area (Å²) in [5.74, 6) is 0.316. The van der Waals surface area contributed by atoms with Gasteiger partial charge in [0.1, 0.15) is 23.0 Å². The van der Waals surface area contributed by atoms with Crippen LogP contribution < -0.4 is 19.1 Å². The molecule has 210 valence electrons. The van der Waals surface area contributed by atoms with Crippen molar-refractivity contribution in [2.75, 3.05) is 25.2 Å². The van der Waals surface area contributed by atoms with Crippen LogP contribution in [0.2, 0.25) is 0 Å². The molecule has 7 nitrogen and oxygen atoms in total. The Labute approximate surface area is 236 Å². The summed E-state index contributed by atoms with van der Waals surface area (Å²) in [5, 5.41) is 11.7. The number of amides is 1. The van der Waals surface area contributed by atoms with Gasteiger partial charge in [0.25, 0.3) is 11.7 Å². The molecule has 1 fully saturated rings. The maximum Gasteiger partial charge on any atom is 0.300 e. The molecule has 0 spiro atoms. The average Bonchev–Trinajstić information content (AvgIpc) is 3.21. The van der Waals surface area contributed by atoms with E-state index in [1.807, 2.05) is 44.2 Å². The fraction of sp³-hybridized carbons (Fsp3) is 0.333. The first-order valence-corrected chi connectivity index (χ1v) is 13.6. The number of aliphatic hydroxyl groups excluding tert-OH is 1. The standard InChI is InChI=1S/C33H37NO6/c1-7-19-40-25-14-9-21(10-15-25)29-28(31(36)32(37)34(29)23-12-16-24(38-6)17-13-23)30(35)22-11-18-27(39-8-2)26(20-22)33(3,4)5/h9-18,20,29,35H,7-8,19H2,1-6H3/b30-28-. The Morgan fingerprint density at radius 2 is 1.55 bits per heavy atom. The number of aliphatic hydroxyl groups is 1. The third-order valence-corrected chi connectivity index (χ3v) is 6.82. The van der Waals surface area contributed by atoms with Crippen LogP contribution in [-0.2, 0) is 15.0 Å². The largest absolute Gasteiger partial charge is 0.507 e. The number of carbonyl (C=O) groups excluding carboxylic acids is 2. The van der Waals surface area contributed by atoms with E-state index in [4.69, 9.17) is 14.2 Å². The summed E-state index contributed by atoms with van der Waals surface area (Å²) in [6, 6.07) is 18.7. The van der Waals surface area contributed by atoms with Gasteiger partial charge in [-0.2, -0.15) is 0 Å².